The van der Waals surface area contributed by atoms with Crippen molar-refractivity contribution < 1.29 is 4.79 Å². The summed E-state index contributed by atoms with van der Waals surface area (Å²) in [6, 6.07) is 9.32. The second kappa shape index (κ2) is 11.7. The Balaban J connectivity index is 2.14. The number of rotatable bonds is 10. The molecule has 0 radical (unpaired) electrons. The first kappa shape index (κ1) is 22.2. The number of nitrogens with zero attached hydrogens (tertiary/aromatic N) is 2. The van der Waals surface area contributed by atoms with Crippen LogP contribution in [-0.2, 0) is 4.79 Å². The Hall–Kier alpha value is -3.13. The molecule has 0 heterocycles. The number of unbranched alkanes of at least 4 members (excludes halogenated alkanes) is 3. The third kappa shape index (κ3) is 6.76. The number of amides is 1. The lowest BCUT2D eigenvalue weighted by molar-refractivity contribution is -0.109. The second-order valence-electron chi connectivity index (χ2n) is 7.31. The van der Waals surface area contributed by atoms with Gasteiger partial charge >= 0.3 is 0 Å². The Bertz CT molecular complexity index is 841. The van der Waals surface area contributed by atoms with Crippen molar-refractivity contribution in [3.05, 3.63) is 70.6 Å². The third-order valence-corrected chi connectivity index (χ3v) is 5.03. The first-order valence-electron chi connectivity index (χ1n) is 10.2. The summed E-state index contributed by atoms with van der Waals surface area (Å²) in [4.78, 5) is 12.3. The number of nitriles is 1. The van der Waals surface area contributed by atoms with Gasteiger partial charge in [-0.15, -0.1) is 0 Å². The average molecular weight is 391 g/mol. The van der Waals surface area contributed by atoms with Gasteiger partial charge in [0.25, 0.3) is 0 Å². The average Bonchev–Trinajstić information content (AvgIpc) is 2.74. The highest BCUT2D eigenvalue weighted by Gasteiger charge is 2.19. The van der Waals surface area contributed by atoms with Gasteiger partial charge in [0, 0.05) is 23.5 Å². The third-order valence-electron chi connectivity index (χ3n) is 5.03. The molecule has 1 aromatic carbocycles. The van der Waals surface area contributed by atoms with Gasteiger partial charge in [-0.1, -0.05) is 24.1 Å². The van der Waals surface area contributed by atoms with Crippen LogP contribution < -0.4 is 5.32 Å². The zero-order valence-electron chi connectivity index (χ0n) is 17.4. The topological polar surface area (TPSA) is 80.0 Å². The second-order valence-corrected chi connectivity index (χ2v) is 7.31. The molecule has 0 fully saturated rings. The fourth-order valence-electron chi connectivity index (χ4n) is 3.30. The van der Waals surface area contributed by atoms with Crippen LogP contribution in [0.1, 0.15) is 63.5 Å². The van der Waals surface area contributed by atoms with Crippen molar-refractivity contribution in [2.45, 2.75) is 52.4 Å². The van der Waals surface area contributed by atoms with Gasteiger partial charge in [-0.2, -0.15) is 5.26 Å². The normalized spacial score (nSPS) is 13.8. The zero-order valence-corrected chi connectivity index (χ0v) is 17.4. The molecule has 29 heavy (non-hydrogen) atoms. The largest absolute Gasteiger partial charge is 0.359 e. The molecule has 0 aromatic heterocycles. The number of nitrogens with one attached hydrogen (secondary N) is 2. The molecule has 0 atom stereocenters. The van der Waals surface area contributed by atoms with Gasteiger partial charge in [0.2, 0.25) is 6.41 Å². The molecular weight excluding hydrogens is 360 g/mol. The highest BCUT2D eigenvalue weighted by Crippen LogP contribution is 2.26. The maximum Gasteiger partial charge on any atom is 0.207 e. The van der Waals surface area contributed by atoms with Crippen molar-refractivity contribution in [1.29, 1.82) is 10.7 Å². The monoisotopic (exact) mass is 390 g/mol. The van der Waals surface area contributed by atoms with E-state index in [1.54, 1.807) is 12.1 Å². The van der Waals surface area contributed by atoms with Crippen LogP contribution in [0, 0.1) is 16.7 Å². The molecule has 1 amide bonds. The van der Waals surface area contributed by atoms with E-state index >= 15 is 0 Å². The maximum atomic E-state index is 10.3. The molecule has 1 aliphatic rings. The number of benzene rings is 1. The van der Waals surface area contributed by atoms with Gasteiger partial charge in [0.1, 0.15) is 5.84 Å². The van der Waals surface area contributed by atoms with Gasteiger partial charge < -0.3 is 10.2 Å². The van der Waals surface area contributed by atoms with Crippen molar-refractivity contribution >= 4 is 12.2 Å². The summed E-state index contributed by atoms with van der Waals surface area (Å²) in [5.41, 5.74) is 4.91. The number of hydrogen-bond acceptors (Lipinski definition) is 3. The highest BCUT2D eigenvalue weighted by molar-refractivity contribution is 5.98. The summed E-state index contributed by atoms with van der Waals surface area (Å²) >= 11 is 0. The fourth-order valence-corrected chi connectivity index (χ4v) is 3.30. The minimum absolute atomic E-state index is 0.428. The highest BCUT2D eigenvalue weighted by atomic mass is 16.1. The number of carbonyl (C=O) groups excluding carboxylic acids is 1. The van der Waals surface area contributed by atoms with Crippen LogP contribution in [0.25, 0.3) is 0 Å². The maximum absolute atomic E-state index is 10.3. The molecule has 5 heteroatoms. The van der Waals surface area contributed by atoms with E-state index in [0.29, 0.717) is 11.4 Å². The van der Waals surface area contributed by atoms with Crippen LogP contribution >= 0.6 is 0 Å². The van der Waals surface area contributed by atoms with Crippen molar-refractivity contribution in [1.82, 2.24) is 10.2 Å². The Morgan fingerprint density at radius 3 is 2.59 bits per heavy atom. The van der Waals surface area contributed by atoms with E-state index < -0.39 is 0 Å². The van der Waals surface area contributed by atoms with Crippen molar-refractivity contribution in [2.24, 2.45) is 0 Å². The summed E-state index contributed by atoms with van der Waals surface area (Å²) in [6.07, 6.45) is 13.1. The number of allylic oxidation sites excluding steroid dienone is 6. The number of carbonyl (C=O) groups is 1. The first-order valence-corrected chi connectivity index (χ1v) is 10.2. The lowest BCUT2D eigenvalue weighted by Gasteiger charge is -2.30. The minimum atomic E-state index is 0.428. The fraction of sp³-hybridized carbons (Fsp3) is 0.375. The molecule has 0 unspecified atom stereocenters. The van der Waals surface area contributed by atoms with Crippen molar-refractivity contribution in [2.75, 3.05) is 6.54 Å². The number of amidine groups is 1. The van der Waals surface area contributed by atoms with Gasteiger partial charge in [0.05, 0.1) is 11.6 Å². The smallest absolute Gasteiger partial charge is 0.207 e. The standard InChI is InChI=1S/C24H30N4O/c1-19-8-14-23(15-9-19)28(20(2)7-5-3-4-6-16-27-18-29)24(26)22-12-10-21(17-25)11-13-22/h7-8,10-14,18,26H,3-6,9,15-16H2,1-2H3,(H,27,29)/b20-7+,26-24?. The summed E-state index contributed by atoms with van der Waals surface area (Å²) in [5.74, 6) is 0.428. The quantitative estimate of drug-likeness (QED) is 0.255. The lowest BCUT2D eigenvalue weighted by Crippen LogP contribution is -2.29. The molecule has 0 saturated carbocycles. The molecule has 152 valence electrons. The summed E-state index contributed by atoms with van der Waals surface area (Å²) in [6.45, 7) is 4.91. The van der Waals surface area contributed by atoms with E-state index in [4.69, 9.17) is 10.7 Å². The van der Waals surface area contributed by atoms with Gasteiger partial charge in [-0.3, -0.25) is 10.2 Å². The summed E-state index contributed by atoms with van der Waals surface area (Å²) in [7, 11) is 0. The molecule has 0 aliphatic heterocycles. The van der Waals surface area contributed by atoms with Crippen LogP contribution in [0.15, 0.2) is 59.5 Å². The molecule has 2 rings (SSSR count). The SMILES string of the molecule is CC1=CC=C(N(C(=N)c2ccc(C#N)cc2)/C(C)=C/CCCCCNC=O)CC1. The van der Waals surface area contributed by atoms with Gasteiger partial charge in [-0.25, -0.2) is 0 Å². The van der Waals surface area contributed by atoms with Crippen LogP contribution in [0.3, 0.4) is 0 Å². The Kier molecular flexibility index (Phi) is 8.91. The van der Waals surface area contributed by atoms with E-state index in [9.17, 15) is 4.79 Å². The molecule has 1 aromatic rings. The molecule has 5 nitrogen and oxygen atoms in total. The van der Waals surface area contributed by atoms with Crippen molar-refractivity contribution in [3.63, 3.8) is 0 Å². The van der Waals surface area contributed by atoms with E-state index in [0.717, 1.165) is 68.4 Å². The minimum Gasteiger partial charge on any atom is -0.359 e. The van der Waals surface area contributed by atoms with E-state index in [1.165, 1.54) is 5.57 Å². The Labute approximate surface area is 173 Å². The zero-order chi connectivity index (χ0) is 21.1. The van der Waals surface area contributed by atoms with Gasteiger partial charge in [0.15, 0.2) is 0 Å². The lowest BCUT2D eigenvalue weighted by atomic mass is 10.0. The summed E-state index contributed by atoms with van der Waals surface area (Å²) < 4.78 is 0. The molecule has 0 saturated heterocycles. The van der Waals surface area contributed by atoms with Crippen LogP contribution in [0.2, 0.25) is 0 Å². The Morgan fingerprint density at radius 1 is 1.21 bits per heavy atom. The van der Waals surface area contributed by atoms with Crippen LogP contribution in [0.4, 0.5) is 0 Å². The molecule has 1 aliphatic carbocycles. The Morgan fingerprint density at radius 2 is 1.97 bits per heavy atom. The van der Waals surface area contributed by atoms with Crippen LogP contribution in [0.5, 0.6) is 0 Å². The first-order chi connectivity index (χ1) is 14.1. The molecular formula is C24H30N4O. The molecule has 0 bridgehead atoms. The van der Waals surface area contributed by atoms with E-state index in [1.807, 2.05) is 17.0 Å². The van der Waals surface area contributed by atoms with E-state index in [2.05, 4.69) is 43.5 Å². The van der Waals surface area contributed by atoms with Crippen LogP contribution in [-0.4, -0.2) is 23.7 Å². The predicted octanol–water partition coefficient (Wildman–Crippen LogP) is 5.02. The predicted molar refractivity (Wildman–Crippen MR) is 117 cm³/mol. The molecule has 0 spiro atoms. The van der Waals surface area contributed by atoms with Gasteiger partial charge in [-0.05, 0) is 76.3 Å². The summed E-state index contributed by atoms with van der Waals surface area (Å²) in [5, 5.41) is 20.5. The number of hydrogen-bond donors (Lipinski definition) is 2. The molecule has 2 N–H and O–H groups in total. The van der Waals surface area contributed by atoms with Crippen molar-refractivity contribution in [3.8, 4) is 6.07 Å². The van der Waals surface area contributed by atoms with E-state index in [-0.39, 0.29) is 0 Å².